The lowest BCUT2D eigenvalue weighted by Gasteiger charge is -2.04. The van der Waals surface area contributed by atoms with Crippen LogP contribution in [0.1, 0.15) is 0 Å². The topological polar surface area (TPSA) is 42.4 Å². The van der Waals surface area contributed by atoms with Crippen LogP contribution < -0.4 is 4.74 Å². The van der Waals surface area contributed by atoms with E-state index in [1.165, 1.54) is 12.1 Å². The molecule has 0 fully saturated rings. The smallest absolute Gasteiger partial charge is 0.235 e. The molecular weight excluding hydrogens is 244 g/mol. The largest absolute Gasteiger partial charge is 0.472 e. The van der Waals surface area contributed by atoms with Crippen LogP contribution in [0.3, 0.4) is 0 Å². The third-order valence-corrected chi connectivity index (χ3v) is 1.98. The van der Waals surface area contributed by atoms with Crippen LogP contribution in [-0.2, 0) is 0 Å². The molecule has 1 aromatic rings. The quantitative estimate of drug-likeness (QED) is 0.661. The zero-order valence-corrected chi connectivity index (χ0v) is 9.09. The van der Waals surface area contributed by atoms with Crippen molar-refractivity contribution in [2.24, 2.45) is 0 Å². The Bertz CT molecular complexity index is 371. The minimum atomic E-state index is -0.831. The van der Waals surface area contributed by atoms with E-state index >= 15 is 0 Å². The van der Waals surface area contributed by atoms with Crippen molar-refractivity contribution in [3.05, 3.63) is 34.2 Å². The fourth-order valence-electron chi connectivity index (χ4n) is 0.799. The van der Waals surface area contributed by atoms with Gasteiger partial charge in [-0.25, -0.2) is 0 Å². The monoisotopic (exact) mass is 251 g/mol. The van der Waals surface area contributed by atoms with Gasteiger partial charge in [0.25, 0.3) is 0 Å². The summed E-state index contributed by atoms with van der Waals surface area (Å²) in [6.45, 7) is 0.0633. The fourth-order valence-corrected chi connectivity index (χ4v) is 1.21. The summed E-state index contributed by atoms with van der Waals surface area (Å²) < 4.78 is 17.9. The normalized spacial score (nSPS) is 10.9. The summed E-state index contributed by atoms with van der Waals surface area (Å²) in [4.78, 5) is 3.42. The fraction of sp³-hybridized carbons (Fsp3) is 0.222. The maximum Gasteiger partial charge on any atom is 0.235 e. The molecule has 1 N–H and O–H groups in total. The van der Waals surface area contributed by atoms with E-state index in [9.17, 15) is 4.39 Å². The predicted octanol–water partition coefficient (Wildman–Crippen LogP) is 2.45. The number of aliphatic hydroxyl groups excluding tert-OH is 1. The molecule has 6 heteroatoms. The van der Waals surface area contributed by atoms with E-state index in [-0.39, 0.29) is 29.1 Å². The lowest BCUT2D eigenvalue weighted by Crippen LogP contribution is -1.99. The number of aliphatic hydroxyl groups is 1. The van der Waals surface area contributed by atoms with E-state index in [1.54, 1.807) is 6.08 Å². The Morgan fingerprint density at radius 1 is 1.40 bits per heavy atom. The van der Waals surface area contributed by atoms with Gasteiger partial charge >= 0.3 is 0 Å². The molecule has 82 valence electrons. The molecule has 0 radical (unpaired) electrons. The summed E-state index contributed by atoms with van der Waals surface area (Å²) in [5.74, 6) is -0.858. The second-order valence-corrected chi connectivity index (χ2v) is 3.33. The van der Waals surface area contributed by atoms with Gasteiger partial charge in [0.05, 0.1) is 11.6 Å². The number of pyridine rings is 1. The number of hydrogen-bond acceptors (Lipinski definition) is 3. The molecule has 0 aliphatic heterocycles. The predicted molar refractivity (Wildman–Crippen MR) is 55.9 cm³/mol. The van der Waals surface area contributed by atoms with Crippen molar-refractivity contribution in [1.29, 1.82) is 0 Å². The Kier molecular flexibility index (Phi) is 4.81. The number of hydrogen-bond donors (Lipinski definition) is 1. The number of ether oxygens (including phenoxy) is 1. The second-order valence-electron chi connectivity index (χ2n) is 2.51. The molecule has 1 heterocycles. The van der Waals surface area contributed by atoms with Crippen LogP contribution in [0.15, 0.2) is 18.2 Å². The van der Waals surface area contributed by atoms with Gasteiger partial charge in [-0.2, -0.15) is 9.37 Å². The van der Waals surface area contributed by atoms with Gasteiger partial charge in [0.2, 0.25) is 11.8 Å². The SMILES string of the molecule is OC/C=C/COc1nc(F)c(Cl)cc1Cl. The van der Waals surface area contributed by atoms with E-state index in [4.69, 9.17) is 33.0 Å². The number of nitrogens with zero attached hydrogens (tertiary/aromatic N) is 1. The van der Waals surface area contributed by atoms with Gasteiger partial charge in [-0.3, -0.25) is 0 Å². The third kappa shape index (κ3) is 3.66. The number of halogens is 3. The molecule has 0 saturated heterocycles. The van der Waals surface area contributed by atoms with E-state index in [0.29, 0.717) is 0 Å². The molecule has 1 rings (SSSR count). The van der Waals surface area contributed by atoms with Gasteiger partial charge in [-0.1, -0.05) is 29.3 Å². The molecule has 0 amide bonds. The molecule has 1 aromatic heterocycles. The first-order valence-corrected chi connectivity index (χ1v) is 4.81. The van der Waals surface area contributed by atoms with Crippen LogP contribution in [0.5, 0.6) is 5.88 Å². The molecular formula is C9H8Cl2FNO2. The molecule has 0 aliphatic rings. The summed E-state index contributed by atoms with van der Waals surface area (Å²) in [7, 11) is 0. The summed E-state index contributed by atoms with van der Waals surface area (Å²) in [5, 5.41) is 8.42. The van der Waals surface area contributed by atoms with Gasteiger partial charge < -0.3 is 9.84 Å². The Morgan fingerprint density at radius 3 is 2.80 bits per heavy atom. The van der Waals surface area contributed by atoms with Crippen molar-refractivity contribution < 1.29 is 14.2 Å². The molecule has 0 atom stereocenters. The average Bonchev–Trinajstić information content (AvgIpc) is 2.20. The zero-order chi connectivity index (χ0) is 11.3. The number of rotatable bonds is 4. The van der Waals surface area contributed by atoms with Crippen LogP contribution in [-0.4, -0.2) is 23.3 Å². The van der Waals surface area contributed by atoms with Crippen molar-refractivity contribution in [1.82, 2.24) is 4.98 Å². The van der Waals surface area contributed by atoms with Crippen LogP contribution in [0.4, 0.5) is 4.39 Å². The lowest BCUT2D eigenvalue weighted by molar-refractivity contribution is 0.329. The average molecular weight is 252 g/mol. The van der Waals surface area contributed by atoms with Gasteiger partial charge in [0.15, 0.2) is 0 Å². The highest BCUT2D eigenvalue weighted by atomic mass is 35.5. The Morgan fingerprint density at radius 2 is 2.13 bits per heavy atom. The van der Waals surface area contributed by atoms with Crippen molar-refractivity contribution in [2.45, 2.75) is 0 Å². The first-order valence-electron chi connectivity index (χ1n) is 4.05. The molecule has 0 aromatic carbocycles. The molecule has 0 spiro atoms. The molecule has 0 bridgehead atoms. The van der Waals surface area contributed by atoms with Crippen molar-refractivity contribution in [3.63, 3.8) is 0 Å². The maximum absolute atomic E-state index is 12.9. The minimum absolute atomic E-state index is 0.0267. The third-order valence-electron chi connectivity index (χ3n) is 1.44. The highest BCUT2D eigenvalue weighted by Crippen LogP contribution is 2.26. The summed E-state index contributed by atoms with van der Waals surface area (Å²) in [6, 6.07) is 1.22. The van der Waals surface area contributed by atoms with Crippen molar-refractivity contribution in [3.8, 4) is 5.88 Å². The highest BCUT2D eigenvalue weighted by Gasteiger charge is 2.09. The number of aromatic nitrogens is 1. The lowest BCUT2D eigenvalue weighted by atomic mass is 10.4. The van der Waals surface area contributed by atoms with Crippen LogP contribution in [0, 0.1) is 5.95 Å². The highest BCUT2D eigenvalue weighted by molar-refractivity contribution is 6.35. The first kappa shape index (κ1) is 12.2. The molecule has 3 nitrogen and oxygen atoms in total. The molecule has 0 saturated carbocycles. The first-order chi connectivity index (χ1) is 7.15. The van der Waals surface area contributed by atoms with E-state index in [1.807, 2.05) is 0 Å². The van der Waals surface area contributed by atoms with Crippen LogP contribution in [0.25, 0.3) is 0 Å². The zero-order valence-electron chi connectivity index (χ0n) is 7.58. The van der Waals surface area contributed by atoms with E-state index in [2.05, 4.69) is 4.98 Å². The van der Waals surface area contributed by atoms with E-state index in [0.717, 1.165) is 0 Å². The minimum Gasteiger partial charge on any atom is -0.472 e. The van der Waals surface area contributed by atoms with Crippen molar-refractivity contribution in [2.75, 3.05) is 13.2 Å². The van der Waals surface area contributed by atoms with Crippen LogP contribution >= 0.6 is 23.2 Å². The van der Waals surface area contributed by atoms with E-state index < -0.39 is 5.95 Å². The summed E-state index contributed by atoms with van der Waals surface area (Å²) in [5.41, 5.74) is 0. The van der Waals surface area contributed by atoms with Gasteiger partial charge in [-0.05, 0) is 12.1 Å². The Hall–Kier alpha value is -0.840. The summed E-state index contributed by atoms with van der Waals surface area (Å²) >= 11 is 11.1. The van der Waals surface area contributed by atoms with Crippen molar-refractivity contribution >= 4 is 23.2 Å². The molecule has 0 unspecified atom stereocenters. The molecule has 0 aliphatic carbocycles. The van der Waals surface area contributed by atoms with Gasteiger partial charge in [0.1, 0.15) is 11.6 Å². The Labute approximate surface area is 96.1 Å². The standard InChI is InChI=1S/C9H8Cl2FNO2/c10-6-5-7(11)9(13-8(6)12)15-4-2-1-3-14/h1-2,5,14H,3-4H2/b2-1+. The summed E-state index contributed by atoms with van der Waals surface area (Å²) in [6.07, 6.45) is 3.05. The Balaban J connectivity index is 2.69. The maximum atomic E-state index is 12.9. The molecule has 15 heavy (non-hydrogen) atoms. The van der Waals surface area contributed by atoms with Crippen LogP contribution in [0.2, 0.25) is 10.0 Å². The van der Waals surface area contributed by atoms with Gasteiger partial charge in [-0.15, -0.1) is 0 Å². The second kappa shape index (κ2) is 5.90. The van der Waals surface area contributed by atoms with Gasteiger partial charge in [0, 0.05) is 0 Å².